The van der Waals surface area contributed by atoms with Crippen molar-refractivity contribution in [3.8, 4) is 0 Å². The molecule has 2 nitrogen and oxygen atoms in total. The summed E-state index contributed by atoms with van der Waals surface area (Å²) in [6.45, 7) is 0. The van der Waals surface area contributed by atoms with Gasteiger partial charge >= 0.3 is 6.42 Å². The van der Waals surface area contributed by atoms with Gasteiger partial charge in [-0.15, -0.1) is 0 Å². The lowest BCUT2D eigenvalue weighted by Gasteiger charge is -1.79. The van der Waals surface area contributed by atoms with Gasteiger partial charge in [0, 0.05) is 0 Å². The molecule has 0 spiro atoms. The first kappa shape index (κ1) is 5.93. The Balaban J connectivity index is 3.02. The van der Waals surface area contributed by atoms with Crippen molar-refractivity contribution in [1.82, 2.24) is 0 Å². The molecule has 0 saturated heterocycles. The van der Waals surface area contributed by atoms with Crippen molar-refractivity contribution in [1.29, 1.82) is 0 Å². The molecule has 0 aromatic heterocycles. The summed E-state index contributed by atoms with van der Waals surface area (Å²) < 4.78 is 0. The molecule has 0 atom stereocenters. The van der Waals surface area contributed by atoms with Crippen LogP contribution in [0.4, 0.5) is 0 Å². The predicted octanol–water partition coefficient (Wildman–Crippen LogP) is 1.13. The highest BCUT2D eigenvalue weighted by Gasteiger charge is 2.26. The Hall–Kier alpha value is 0.930. The summed E-state index contributed by atoms with van der Waals surface area (Å²) >= 11 is 9.04. The Labute approximate surface area is 39.4 Å². The first-order valence-electron chi connectivity index (χ1n) is 0.738. The number of hydrogen-bond acceptors (Lipinski definition) is 2. The molecule has 5 heavy (non-hydrogen) atoms. The smallest absolute Gasteiger partial charge is 0.189 e. The summed E-state index contributed by atoms with van der Waals surface area (Å²) in [5.41, 5.74) is 0. The van der Waals surface area contributed by atoms with Crippen molar-refractivity contribution in [2.75, 3.05) is 0 Å². The van der Waals surface area contributed by atoms with Gasteiger partial charge in [-0.2, -0.15) is 9.79 Å². The monoisotopic (exact) mass is 135 g/mol. The zero-order chi connectivity index (χ0) is 4.50. The van der Waals surface area contributed by atoms with Crippen LogP contribution >= 0.6 is 28.9 Å². The van der Waals surface area contributed by atoms with Crippen molar-refractivity contribution in [2.45, 2.75) is 0 Å². The molecule has 0 fully saturated rings. The Morgan fingerprint density at radius 1 is 1.20 bits per heavy atom. The van der Waals surface area contributed by atoms with Crippen LogP contribution in [0.1, 0.15) is 0 Å². The molecule has 0 rings (SSSR count). The lowest BCUT2D eigenvalue weighted by molar-refractivity contribution is 0.495. The van der Waals surface area contributed by atoms with E-state index in [1.807, 2.05) is 0 Å². The summed E-state index contributed by atoms with van der Waals surface area (Å²) in [4.78, 5) is 15.4. The van der Waals surface area contributed by atoms with E-state index in [2.05, 4.69) is 22.5 Å². The summed E-state index contributed by atoms with van der Waals surface area (Å²) in [6.07, 6.45) is -3.44. The molecule has 0 aliphatic carbocycles. The maximum atomic E-state index is 7.72. The Bertz CT molecular complexity index is 23.1. The molecular weight excluding hydrogens is 134 g/mol. The van der Waals surface area contributed by atoms with E-state index < -0.39 is 6.42 Å². The van der Waals surface area contributed by atoms with E-state index in [1.165, 1.54) is 0 Å². The molecule has 32 valence electrons. The fraction of sp³-hybridized carbons (Fsp3) is 0. The topological polar surface area (TPSA) is 40.5 Å². The highest BCUT2D eigenvalue weighted by atomic mass is 35.9. The molecular formula is H2Cl2O2P+. The van der Waals surface area contributed by atoms with Crippen LogP contribution in [-0.2, 0) is 0 Å². The SMILES string of the molecule is O[P+](O)(Cl)Cl. The first-order chi connectivity index (χ1) is 2.00. The highest BCUT2D eigenvalue weighted by molar-refractivity contribution is 8.09. The van der Waals surface area contributed by atoms with E-state index >= 15 is 0 Å². The van der Waals surface area contributed by atoms with E-state index in [0.717, 1.165) is 0 Å². The Morgan fingerprint density at radius 2 is 1.20 bits per heavy atom. The molecule has 0 unspecified atom stereocenters. The first-order valence-corrected chi connectivity index (χ1v) is 4.24. The highest BCUT2D eigenvalue weighted by Crippen LogP contribution is 2.60. The average Bonchev–Trinajstić information content (AvgIpc) is 0.722. The van der Waals surface area contributed by atoms with Gasteiger partial charge in [-0.05, 0) is 0 Å². The zero-order valence-corrected chi connectivity index (χ0v) is 4.50. The van der Waals surface area contributed by atoms with Crippen LogP contribution in [0, 0.1) is 0 Å². The minimum absolute atomic E-state index is 3.44. The van der Waals surface area contributed by atoms with E-state index in [1.54, 1.807) is 0 Å². The van der Waals surface area contributed by atoms with Gasteiger partial charge in [-0.1, -0.05) is 0 Å². The molecule has 0 aromatic carbocycles. The average molecular weight is 136 g/mol. The van der Waals surface area contributed by atoms with Gasteiger partial charge in [0.25, 0.3) is 0 Å². The standard InChI is InChI=1S/Cl2H2O2P/c1-5(2,3)4/h3-4H/q+1. The van der Waals surface area contributed by atoms with E-state index in [-0.39, 0.29) is 0 Å². The molecule has 0 saturated carbocycles. The molecule has 2 N–H and O–H groups in total. The predicted molar refractivity (Wildman–Crippen MR) is 23.1 cm³/mol. The van der Waals surface area contributed by atoms with Crippen molar-refractivity contribution in [3.63, 3.8) is 0 Å². The van der Waals surface area contributed by atoms with Crippen LogP contribution in [0.5, 0.6) is 0 Å². The van der Waals surface area contributed by atoms with Gasteiger partial charge in [0.2, 0.25) is 0 Å². The fourth-order valence-corrected chi connectivity index (χ4v) is 0. The summed E-state index contributed by atoms with van der Waals surface area (Å²) in [7, 11) is 0. The third-order valence-electron chi connectivity index (χ3n) is 0. The van der Waals surface area contributed by atoms with Crippen LogP contribution in [0.3, 0.4) is 0 Å². The van der Waals surface area contributed by atoms with Gasteiger partial charge in [-0.3, -0.25) is 0 Å². The van der Waals surface area contributed by atoms with Crippen LogP contribution in [0.15, 0.2) is 0 Å². The van der Waals surface area contributed by atoms with Gasteiger partial charge in [0.05, 0.1) is 0 Å². The van der Waals surface area contributed by atoms with Gasteiger partial charge in [0.1, 0.15) is 0 Å². The molecule has 0 aliphatic heterocycles. The molecule has 0 aromatic rings. The van der Waals surface area contributed by atoms with Crippen LogP contribution in [-0.4, -0.2) is 9.79 Å². The second kappa shape index (κ2) is 1.59. The van der Waals surface area contributed by atoms with Gasteiger partial charge < -0.3 is 0 Å². The van der Waals surface area contributed by atoms with E-state index in [9.17, 15) is 0 Å². The summed E-state index contributed by atoms with van der Waals surface area (Å²) in [5, 5.41) is 0. The van der Waals surface area contributed by atoms with E-state index in [4.69, 9.17) is 9.79 Å². The van der Waals surface area contributed by atoms with Crippen LogP contribution in [0.25, 0.3) is 0 Å². The van der Waals surface area contributed by atoms with Crippen LogP contribution < -0.4 is 0 Å². The maximum absolute atomic E-state index is 7.72. The molecule has 0 amide bonds. The number of rotatable bonds is 0. The van der Waals surface area contributed by atoms with Crippen molar-refractivity contribution in [2.24, 2.45) is 0 Å². The normalized spacial score (nSPS) is 12.0. The Kier molecular flexibility index (Phi) is 1.88. The van der Waals surface area contributed by atoms with Crippen molar-refractivity contribution in [3.05, 3.63) is 0 Å². The van der Waals surface area contributed by atoms with E-state index in [0.29, 0.717) is 0 Å². The third-order valence-corrected chi connectivity index (χ3v) is 0. The quantitative estimate of drug-likeness (QED) is 0.490. The molecule has 0 aliphatic rings. The lowest BCUT2D eigenvalue weighted by Crippen LogP contribution is -1.57. The van der Waals surface area contributed by atoms with Crippen molar-refractivity contribution < 1.29 is 9.79 Å². The minimum atomic E-state index is -3.44. The largest absolute Gasteiger partial charge is 0.472 e. The third kappa shape index (κ3) is 48.9. The summed E-state index contributed by atoms with van der Waals surface area (Å²) in [6, 6.07) is 0. The number of hydrogen-bond donors (Lipinski definition) is 2. The maximum Gasteiger partial charge on any atom is 0.472 e. The molecule has 0 bridgehead atoms. The second-order valence-electron chi connectivity index (χ2n) is 0.456. The fourth-order valence-electron chi connectivity index (χ4n) is 0. The lowest BCUT2D eigenvalue weighted by atomic mass is 15.9. The van der Waals surface area contributed by atoms with Gasteiger partial charge in [0.15, 0.2) is 22.5 Å². The molecule has 0 radical (unpaired) electrons. The number of halogens is 2. The Morgan fingerprint density at radius 3 is 1.20 bits per heavy atom. The molecule has 5 heteroatoms. The minimum Gasteiger partial charge on any atom is -0.189 e. The second-order valence-corrected chi connectivity index (χ2v) is 4.71. The summed E-state index contributed by atoms with van der Waals surface area (Å²) in [5.74, 6) is 0. The zero-order valence-electron chi connectivity index (χ0n) is 2.10. The molecule has 0 heterocycles. The van der Waals surface area contributed by atoms with Crippen LogP contribution in [0.2, 0.25) is 0 Å². The van der Waals surface area contributed by atoms with Gasteiger partial charge in [-0.25, -0.2) is 0 Å². The van der Waals surface area contributed by atoms with Crippen molar-refractivity contribution >= 4 is 28.9 Å².